The smallest absolute Gasteiger partial charge is 0.0622 e. The van der Waals surface area contributed by atoms with Gasteiger partial charge in [-0.2, -0.15) is 5.26 Å². The Hall–Kier alpha value is -0.660. The fourth-order valence-electron chi connectivity index (χ4n) is 1.02. The van der Waals surface area contributed by atoms with Crippen LogP contribution >= 0.6 is 15.9 Å². The molecule has 0 heterocycles. The molecule has 0 bridgehead atoms. The molecule has 0 saturated carbocycles. The number of nitriles is 1. The molecular weight excluding hydrogens is 262 g/mol. The van der Waals surface area contributed by atoms with Gasteiger partial charge in [-0.05, 0) is 34.5 Å². The molecule has 0 radical (unpaired) electrons. The van der Waals surface area contributed by atoms with E-state index < -0.39 is 10.8 Å². The van der Waals surface area contributed by atoms with Gasteiger partial charge in [-0.25, -0.2) is 0 Å². The topological polar surface area (TPSA) is 40.9 Å². The van der Waals surface area contributed by atoms with E-state index in [2.05, 4.69) is 15.9 Å². The lowest BCUT2D eigenvalue weighted by molar-refractivity contribution is 0.680. The van der Waals surface area contributed by atoms with E-state index in [4.69, 9.17) is 5.26 Å². The van der Waals surface area contributed by atoms with Crippen LogP contribution in [-0.4, -0.2) is 9.96 Å². The summed E-state index contributed by atoms with van der Waals surface area (Å²) in [5.74, 6) is 0.552. The maximum Gasteiger partial charge on any atom is 0.0622 e. The van der Waals surface area contributed by atoms with Gasteiger partial charge in [0.25, 0.3) is 0 Å². The number of hydrogen-bond donors (Lipinski definition) is 0. The third-order valence-electron chi connectivity index (χ3n) is 1.70. The van der Waals surface area contributed by atoms with Crippen molar-refractivity contribution in [2.75, 3.05) is 5.75 Å². The van der Waals surface area contributed by atoms with Gasteiger partial charge in [0, 0.05) is 16.6 Å². The highest BCUT2D eigenvalue weighted by Gasteiger charge is 2.06. The predicted molar refractivity (Wildman–Crippen MR) is 60.3 cm³/mol. The second-order valence-corrected chi connectivity index (χ2v) is 5.14. The lowest BCUT2D eigenvalue weighted by Gasteiger charge is -2.02. The molecular formula is C10H10BrNOS. The molecule has 14 heavy (non-hydrogen) atoms. The number of rotatable bonds is 4. The summed E-state index contributed by atoms with van der Waals surface area (Å²) in [5, 5.41) is 8.35. The third-order valence-corrected chi connectivity index (χ3v) is 4.16. The van der Waals surface area contributed by atoms with Crippen LogP contribution in [0.15, 0.2) is 33.6 Å². The molecule has 0 aliphatic rings. The van der Waals surface area contributed by atoms with E-state index in [-0.39, 0.29) is 0 Å². The molecule has 0 aliphatic heterocycles. The van der Waals surface area contributed by atoms with Crippen LogP contribution in [0.5, 0.6) is 0 Å². The molecule has 74 valence electrons. The Balaban J connectivity index is 2.62. The molecule has 0 spiro atoms. The second-order valence-electron chi connectivity index (χ2n) is 2.74. The predicted octanol–water partition coefficient (Wildman–Crippen LogP) is 2.86. The Bertz CT molecular complexity index is 373. The van der Waals surface area contributed by atoms with Crippen molar-refractivity contribution in [1.29, 1.82) is 5.26 Å². The maximum absolute atomic E-state index is 11.7. The molecule has 0 saturated heterocycles. The van der Waals surface area contributed by atoms with Gasteiger partial charge in [-0.1, -0.05) is 12.1 Å². The van der Waals surface area contributed by atoms with Crippen molar-refractivity contribution in [2.24, 2.45) is 0 Å². The molecule has 2 nitrogen and oxygen atoms in total. The highest BCUT2D eigenvalue weighted by atomic mass is 79.9. The van der Waals surface area contributed by atoms with Crippen LogP contribution in [0.25, 0.3) is 0 Å². The molecule has 1 unspecified atom stereocenters. The average molecular weight is 272 g/mol. The zero-order valence-electron chi connectivity index (χ0n) is 7.57. The number of unbranched alkanes of at least 4 members (excludes halogenated alkanes) is 1. The van der Waals surface area contributed by atoms with Crippen LogP contribution in [0, 0.1) is 11.3 Å². The van der Waals surface area contributed by atoms with Gasteiger partial charge in [0.1, 0.15) is 0 Å². The van der Waals surface area contributed by atoms with Crippen molar-refractivity contribution in [3.63, 3.8) is 0 Å². The molecule has 0 fully saturated rings. The first kappa shape index (κ1) is 11.4. The van der Waals surface area contributed by atoms with Crippen molar-refractivity contribution in [2.45, 2.75) is 17.7 Å². The largest absolute Gasteiger partial charge is 0.254 e. The average Bonchev–Trinajstić information content (AvgIpc) is 2.18. The molecule has 0 aromatic heterocycles. The zero-order valence-corrected chi connectivity index (χ0v) is 9.97. The Labute approximate surface area is 94.5 Å². The first-order chi connectivity index (χ1) is 6.75. The molecule has 0 aliphatic carbocycles. The van der Waals surface area contributed by atoms with Gasteiger partial charge in [-0.3, -0.25) is 4.21 Å². The van der Waals surface area contributed by atoms with Gasteiger partial charge in [-0.15, -0.1) is 0 Å². The first-order valence-corrected chi connectivity index (χ1v) is 6.36. The summed E-state index contributed by atoms with van der Waals surface area (Å²) in [6.07, 6.45) is 1.15. The van der Waals surface area contributed by atoms with Crippen LogP contribution in [0.4, 0.5) is 0 Å². The van der Waals surface area contributed by atoms with E-state index in [0.29, 0.717) is 18.6 Å². The second kappa shape index (κ2) is 5.94. The van der Waals surface area contributed by atoms with Crippen molar-refractivity contribution < 1.29 is 4.21 Å². The monoisotopic (exact) mass is 271 g/mol. The Morgan fingerprint density at radius 2 is 2.14 bits per heavy atom. The van der Waals surface area contributed by atoms with Crippen molar-refractivity contribution in [3.05, 3.63) is 28.7 Å². The molecule has 1 rings (SSSR count). The lowest BCUT2D eigenvalue weighted by atomic mass is 10.4. The Morgan fingerprint density at radius 1 is 1.43 bits per heavy atom. The normalized spacial score (nSPS) is 12.0. The molecule has 1 atom stereocenters. The minimum absolute atomic E-state index is 0.468. The molecule has 1 aromatic rings. The van der Waals surface area contributed by atoms with Gasteiger partial charge in [0.15, 0.2) is 0 Å². The van der Waals surface area contributed by atoms with Crippen molar-refractivity contribution >= 4 is 26.7 Å². The van der Waals surface area contributed by atoms with Crippen LogP contribution in [-0.2, 0) is 10.8 Å². The Morgan fingerprint density at radius 3 is 2.79 bits per heavy atom. The maximum atomic E-state index is 11.7. The van der Waals surface area contributed by atoms with Crippen LogP contribution in [0.1, 0.15) is 12.8 Å². The standard InChI is InChI=1S/C10H10BrNOS/c11-9-5-1-2-6-10(9)14(13)8-4-3-7-12/h1-2,5-6H,3-4,8H2. The Kier molecular flexibility index (Phi) is 4.85. The van der Waals surface area contributed by atoms with E-state index in [1.807, 2.05) is 30.3 Å². The summed E-state index contributed by atoms with van der Waals surface area (Å²) in [4.78, 5) is 0.811. The van der Waals surface area contributed by atoms with Gasteiger partial charge in [0.05, 0.1) is 21.8 Å². The minimum atomic E-state index is -0.994. The van der Waals surface area contributed by atoms with Crippen molar-refractivity contribution in [3.8, 4) is 6.07 Å². The zero-order chi connectivity index (χ0) is 10.4. The number of nitrogens with zero attached hydrogens (tertiary/aromatic N) is 1. The van der Waals surface area contributed by atoms with E-state index in [0.717, 1.165) is 9.37 Å². The fourth-order valence-corrected chi connectivity index (χ4v) is 2.99. The number of hydrogen-bond acceptors (Lipinski definition) is 2. The molecule has 1 aromatic carbocycles. The summed E-state index contributed by atoms with van der Waals surface area (Å²) in [7, 11) is -0.994. The molecule has 4 heteroatoms. The van der Waals surface area contributed by atoms with Crippen LogP contribution < -0.4 is 0 Å². The van der Waals surface area contributed by atoms with Crippen LogP contribution in [0.2, 0.25) is 0 Å². The lowest BCUT2D eigenvalue weighted by Crippen LogP contribution is -1.98. The van der Waals surface area contributed by atoms with E-state index in [1.165, 1.54) is 0 Å². The van der Waals surface area contributed by atoms with Gasteiger partial charge >= 0.3 is 0 Å². The van der Waals surface area contributed by atoms with Crippen LogP contribution in [0.3, 0.4) is 0 Å². The number of halogens is 1. The van der Waals surface area contributed by atoms with E-state index in [1.54, 1.807) is 0 Å². The summed E-state index contributed by atoms with van der Waals surface area (Å²) in [6, 6.07) is 9.51. The number of benzene rings is 1. The molecule has 0 N–H and O–H groups in total. The fraction of sp³-hybridized carbons (Fsp3) is 0.300. The highest BCUT2D eigenvalue weighted by Crippen LogP contribution is 2.20. The van der Waals surface area contributed by atoms with Gasteiger partial charge in [0.2, 0.25) is 0 Å². The molecule has 0 amide bonds. The van der Waals surface area contributed by atoms with E-state index >= 15 is 0 Å². The SMILES string of the molecule is N#CCCCS(=O)c1ccccc1Br. The summed E-state index contributed by atoms with van der Waals surface area (Å²) < 4.78 is 12.6. The quantitative estimate of drug-likeness (QED) is 0.791. The summed E-state index contributed by atoms with van der Waals surface area (Å²) in [5.41, 5.74) is 0. The van der Waals surface area contributed by atoms with Gasteiger partial charge < -0.3 is 0 Å². The minimum Gasteiger partial charge on any atom is -0.254 e. The first-order valence-electron chi connectivity index (χ1n) is 4.25. The van der Waals surface area contributed by atoms with E-state index in [9.17, 15) is 4.21 Å². The van der Waals surface area contributed by atoms with Crippen molar-refractivity contribution in [1.82, 2.24) is 0 Å². The summed E-state index contributed by atoms with van der Waals surface area (Å²) in [6.45, 7) is 0. The highest BCUT2D eigenvalue weighted by molar-refractivity contribution is 9.10. The summed E-state index contributed by atoms with van der Waals surface area (Å²) >= 11 is 3.35. The third kappa shape index (κ3) is 3.24.